The van der Waals surface area contributed by atoms with Gasteiger partial charge in [0.1, 0.15) is 17.8 Å². The summed E-state index contributed by atoms with van der Waals surface area (Å²) in [7, 11) is 1.65. The van der Waals surface area contributed by atoms with Crippen molar-refractivity contribution in [2.45, 2.75) is 12.8 Å². The number of nitrogens with one attached hydrogen (secondary N) is 2. The number of piperidine rings is 1. The van der Waals surface area contributed by atoms with Crippen molar-refractivity contribution < 1.29 is 4.79 Å². The van der Waals surface area contributed by atoms with Gasteiger partial charge >= 0.3 is 0 Å². The first-order valence-corrected chi connectivity index (χ1v) is 8.75. The molecule has 10 heteroatoms. The summed E-state index contributed by atoms with van der Waals surface area (Å²) in [6.45, 7) is 1.40. The number of nitrogens with zero attached hydrogens (tertiary/aromatic N) is 6. The van der Waals surface area contributed by atoms with Gasteiger partial charge in [0.25, 0.3) is 5.56 Å². The van der Waals surface area contributed by atoms with Crippen molar-refractivity contribution in [2.24, 2.45) is 5.92 Å². The van der Waals surface area contributed by atoms with Crippen molar-refractivity contribution in [2.75, 3.05) is 25.0 Å². The molecule has 0 radical (unpaired) electrons. The highest BCUT2D eigenvalue weighted by Gasteiger charge is 2.26. The molecule has 1 amide bonds. The van der Waals surface area contributed by atoms with Crippen LogP contribution in [0.3, 0.4) is 0 Å². The first-order valence-electron chi connectivity index (χ1n) is 8.75. The highest BCUT2D eigenvalue weighted by atomic mass is 16.2. The molecule has 27 heavy (non-hydrogen) atoms. The van der Waals surface area contributed by atoms with Gasteiger partial charge in [-0.15, -0.1) is 0 Å². The minimum Gasteiger partial charge on any atom is -0.359 e. The van der Waals surface area contributed by atoms with E-state index in [4.69, 9.17) is 0 Å². The molecule has 140 valence electrons. The first-order chi connectivity index (χ1) is 13.2. The van der Waals surface area contributed by atoms with E-state index in [0.29, 0.717) is 23.9 Å². The second kappa shape index (κ2) is 7.06. The van der Waals surface area contributed by atoms with Crippen LogP contribution in [0.5, 0.6) is 0 Å². The van der Waals surface area contributed by atoms with Crippen LogP contribution in [0.25, 0.3) is 11.5 Å². The molecule has 0 aliphatic carbocycles. The third kappa shape index (κ3) is 3.21. The van der Waals surface area contributed by atoms with Crippen LogP contribution in [0, 0.1) is 5.92 Å². The number of hydrogen-bond acceptors (Lipinski definition) is 6. The van der Waals surface area contributed by atoms with E-state index in [9.17, 15) is 9.59 Å². The van der Waals surface area contributed by atoms with Crippen LogP contribution in [0.15, 0.2) is 42.1 Å². The molecule has 1 unspecified atom stereocenters. The van der Waals surface area contributed by atoms with E-state index >= 15 is 0 Å². The largest absolute Gasteiger partial charge is 0.359 e. The Morgan fingerprint density at radius 2 is 2.19 bits per heavy atom. The minimum atomic E-state index is -0.237. The molecule has 1 atom stereocenters. The standard InChI is InChI=1S/C17H20N8O2/c1-18-16(26)12-3-2-5-23(9-12)14-7-15(21-10-20-14)25-17(27)13(8-22-25)24-6-4-19-11-24/h4,6-8,10-12,22H,2-3,5,9H2,1H3,(H,18,26). The van der Waals surface area contributed by atoms with Gasteiger partial charge in [0.05, 0.1) is 12.2 Å². The summed E-state index contributed by atoms with van der Waals surface area (Å²) in [5, 5.41) is 5.64. The van der Waals surface area contributed by atoms with Crippen LogP contribution in [-0.4, -0.2) is 55.3 Å². The molecule has 0 saturated carbocycles. The van der Waals surface area contributed by atoms with Crippen molar-refractivity contribution in [1.29, 1.82) is 0 Å². The van der Waals surface area contributed by atoms with E-state index in [0.717, 1.165) is 19.4 Å². The van der Waals surface area contributed by atoms with E-state index in [2.05, 4.69) is 30.3 Å². The van der Waals surface area contributed by atoms with E-state index in [-0.39, 0.29) is 17.4 Å². The van der Waals surface area contributed by atoms with Crippen LogP contribution in [0.1, 0.15) is 12.8 Å². The minimum absolute atomic E-state index is 0.0412. The Balaban J connectivity index is 1.62. The van der Waals surface area contributed by atoms with Gasteiger partial charge in [0.15, 0.2) is 5.82 Å². The zero-order valence-corrected chi connectivity index (χ0v) is 14.9. The molecule has 0 spiro atoms. The van der Waals surface area contributed by atoms with E-state index in [1.54, 1.807) is 42.6 Å². The van der Waals surface area contributed by atoms with Gasteiger partial charge in [-0.3, -0.25) is 19.3 Å². The van der Waals surface area contributed by atoms with Gasteiger partial charge in [-0.1, -0.05) is 0 Å². The van der Waals surface area contributed by atoms with Gasteiger partial charge in [-0.05, 0) is 12.8 Å². The molecule has 0 aromatic carbocycles. The fraction of sp³-hybridized carbons (Fsp3) is 0.353. The zero-order valence-electron chi connectivity index (χ0n) is 14.9. The molecule has 1 aliphatic heterocycles. The number of hydrogen-bond donors (Lipinski definition) is 2. The van der Waals surface area contributed by atoms with E-state index in [1.807, 2.05) is 0 Å². The molecule has 10 nitrogen and oxygen atoms in total. The Morgan fingerprint density at radius 3 is 2.96 bits per heavy atom. The number of amides is 1. The number of carbonyl (C=O) groups excluding carboxylic acids is 1. The SMILES string of the molecule is CNC(=O)C1CCCN(c2cc(-n3[nH]cc(-n4ccnc4)c3=O)ncn2)C1. The lowest BCUT2D eigenvalue weighted by molar-refractivity contribution is -0.124. The molecule has 3 aromatic rings. The van der Waals surface area contributed by atoms with Crippen LogP contribution in [0.2, 0.25) is 0 Å². The number of imidazole rings is 1. The maximum atomic E-state index is 12.7. The number of H-pyrrole nitrogens is 1. The lowest BCUT2D eigenvalue weighted by Crippen LogP contribution is -2.42. The monoisotopic (exact) mass is 368 g/mol. The van der Waals surface area contributed by atoms with Gasteiger partial charge in [-0.2, -0.15) is 4.68 Å². The fourth-order valence-electron chi connectivity index (χ4n) is 3.35. The summed E-state index contributed by atoms with van der Waals surface area (Å²) < 4.78 is 3.00. The predicted octanol–water partition coefficient (Wildman–Crippen LogP) is 0.104. The number of anilines is 1. The lowest BCUT2D eigenvalue weighted by atomic mass is 9.97. The summed E-state index contributed by atoms with van der Waals surface area (Å²) in [5.74, 6) is 1.11. The van der Waals surface area contributed by atoms with Gasteiger partial charge in [-0.25, -0.2) is 15.0 Å². The summed E-state index contributed by atoms with van der Waals surface area (Å²) in [4.78, 5) is 39.2. The maximum Gasteiger partial charge on any atom is 0.296 e. The Labute approximate surface area is 154 Å². The highest BCUT2D eigenvalue weighted by Crippen LogP contribution is 2.22. The second-order valence-electron chi connectivity index (χ2n) is 6.40. The van der Waals surface area contributed by atoms with Gasteiger partial charge in [0, 0.05) is 44.8 Å². The molecule has 1 aliphatic rings. The Hall–Kier alpha value is -3.43. The van der Waals surface area contributed by atoms with E-state index in [1.165, 1.54) is 11.0 Å². The second-order valence-corrected chi connectivity index (χ2v) is 6.40. The summed E-state index contributed by atoms with van der Waals surface area (Å²) in [6, 6.07) is 1.75. The van der Waals surface area contributed by atoms with Gasteiger partial charge < -0.3 is 10.2 Å². The third-order valence-electron chi connectivity index (χ3n) is 4.77. The molecular formula is C17H20N8O2. The smallest absolute Gasteiger partial charge is 0.296 e. The van der Waals surface area contributed by atoms with Crippen LogP contribution < -0.4 is 15.8 Å². The number of aromatic amines is 1. The molecule has 0 bridgehead atoms. The Bertz CT molecular complexity index is 991. The lowest BCUT2D eigenvalue weighted by Gasteiger charge is -2.32. The third-order valence-corrected chi connectivity index (χ3v) is 4.77. The van der Waals surface area contributed by atoms with Crippen molar-refractivity contribution in [3.05, 3.63) is 47.7 Å². The van der Waals surface area contributed by atoms with Crippen molar-refractivity contribution >= 4 is 11.7 Å². The molecule has 1 saturated heterocycles. The molecule has 1 fully saturated rings. The average molecular weight is 368 g/mol. The van der Waals surface area contributed by atoms with Gasteiger partial charge in [0.2, 0.25) is 5.91 Å². The fourth-order valence-corrected chi connectivity index (χ4v) is 3.35. The first kappa shape index (κ1) is 17.0. The van der Waals surface area contributed by atoms with Crippen LogP contribution in [-0.2, 0) is 4.79 Å². The molecule has 3 aromatic heterocycles. The maximum absolute atomic E-state index is 12.7. The highest BCUT2D eigenvalue weighted by molar-refractivity contribution is 5.79. The quantitative estimate of drug-likeness (QED) is 0.675. The Morgan fingerprint density at radius 1 is 1.33 bits per heavy atom. The predicted molar refractivity (Wildman–Crippen MR) is 98.1 cm³/mol. The number of carbonyl (C=O) groups is 1. The van der Waals surface area contributed by atoms with Crippen LogP contribution >= 0.6 is 0 Å². The number of rotatable bonds is 4. The van der Waals surface area contributed by atoms with E-state index < -0.39 is 0 Å². The molecular weight excluding hydrogens is 348 g/mol. The summed E-state index contributed by atoms with van der Waals surface area (Å²) in [6.07, 6.45) is 9.68. The summed E-state index contributed by atoms with van der Waals surface area (Å²) in [5.41, 5.74) is 0.213. The normalized spacial score (nSPS) is 17.1. The van der Waals surface area contributed by atoms with Crippen molar-refractivity contribution in [1.82, 2.24) is 34.6 Å². The molecule has 4 heterocycles. The van der Waals surface area contributed by atoms with Crippen LogP contribution in [0.4, 0.5) is 5.82 Å². The average Bonchev–Trinajstić information content (AvgIpc) is 3.37. The van der Waals surface area contributed by atoms with Crippen molar-refractivity contribution in [3.63, 3.8) is 0 Å². The Kier molecular flexibility index (Phi) is 4.45. The molecule has 4 rings (SSSR count). The zero-order chi connectivity index (χ0) is 18.8. The topological polar surface area (TPSA) is 114 Å². The number of aromatic nitrogens is 6. The summed E-state index contributed by atoms with van der Waals surface area (Å²) >= 11 is 0. The molecule has 2 N–H and O–H groups in total. The van der Waals surface area contributed by atoms with Crippen molar-refractivity contribution in [3.8, 4) is 11.5 Å².